The highest BCUT2D eigenvalue weighted by molar-refractivity contribution is 5.62. The Morgan fingerprint density at radius 3 is 3.00 bits per heavy atom. The van der Waals surface area contributed by atoms with Gasteiger partial charge in [0, 0.05) is 13.1 Å². The summed E-state index contributed by atoms with van der Waals surface area (Å²) in [6, 6.07) is 5.34. The molecule has 20 heavy (non-hydrogen) atoms. The molecule has 106 valence electrons. The second kappa shape index (κ2) is 5.22. The van der Waals surface area contributed by atoms with E-state index < -0.39 is 0 Å². The molecule has 6 nitrogen and oxygen atoms in total. The van der Waals surface area contributed by atoms with Gasteiger partial charge in [-0.25, -0.2) is 0 Å². The third-order valence-corrected chi connectivity index (χ3v) is 3.38. The second-order valence-corrected chi connectivity index (χ2v) is 5.10. The van der Waals surface area contributed by atoms with Crippen molar-refractivity contribution < 1.29 is 14.4 Å². The number of aromatic hydroxyl groups is 1. The molecule has 1 aliphatic heterocycles. The first kappa shape index (κ1) is 13.1. The number of phenols is 1. The predicted octanol–water partition coefficient (Wildman–Crippen LogP) is 1.75. The van der Waals surface area contributed by atoms with Crippen LogP contribution >= 0.6 is 0 Å². The van der Waals surface area contributed by atoms with E-state index in [9.17, 15) is 5.11 Å². The lowest BCUT2D eigenvalue weighted by Gasteiger charge is -2.27. The van der Waals surface area contributed by atoms with Gasteiger partial charge in [0.25, 0.3) is 5.89 Å². The Morgan fingerprint density at radius 2 is 2.25 bits per heavy atom. The molecular formula is C14H17N3O3. The van der Waals surface area contributed by atoms with E-state index in [0.717, 1.165) is 18.7 Å². The molecule has 1 fully saturated rings. The minimum absolute atomic E-state index is 0.141. The highest BCUT2D eigenvalue weighted by atomic mass is 16.5. The van der Waals surface area contributed by atoms with Crippen LogP contribution in [0.2, 0.25) is 0 Å². The molecule has 2 aromatic rings. The molecule has 0 amide bonds. The van der Waals surface area contributed by atoms with E-state index in [1.54, 1.807) is 12.1 Å². The Hall–Kier alpha value is -1.92. The van der Waals surface area contributed by atoms with E-state index in [1.807, 2.05) is 20.0 Å². The van der Waals surface area contributed by atoms with Gasteiger partial charge in [0.1, 0.15) is 11.9 Å². The zero-order chi connectivity index (χ0) is 14.1. The summed E-state index contributed by atoms with van der Waals surface area (Å²) >= 11 is 0. The predicted molar refractivity (Wildman–Crippen MR) is 72.3 cm³/mol. The van der Waals surface area contributed by atoms with Crippen molar-refractivity contribution in [3.63, 3.8) is 0 Å². The Balaban J connectivity index is 1.86. The Bertz CT molecular complexity index is 611. The molecule has 1 saturated heterocycles. The molecule has 1 N–H and O–H groups in total. The summed E-state index contributed by atoms with van der Waals surface area (Å²) in [4.78, 5) is 6.50. The second-order valence-electron chi connectivity index (χ2n) is 5.10. The number of hydrogen-bond acceptors (Lipinski definition) is 6. The fraction of sp³-hybridized carbons (Fsp3) is 0.429. The van der Waals surface area contributed by atoms with E-state index in [4.69, 9.17) is 9.26 Å². The maximum Gasteiger partial charge on any atom is 0.261 e. The van der Waals surface area contributed by atoms with Crippen LogP contribution in [0.4, 0.5) is 0 Å². The number of ether oxygens (including phenoxy) is 1. The Morgan fingerprint density at radius 1 is 1.40 bits per heavy atom. The monoisotopic (exact) mass is 275 g/mol. The maximum atomic E-state index is 9.94. The number of phenolic OH excluding ortho intramolecular Hbond substituents is 1. The molecule has 6 heteroatoms. The van der Waals surface area contributed by atoms with Gasteiger partial charge in [0.15, 0.2) is 0 Å². The molecule has 1 unspecified atom stereocenters. The fourth-order valence-corrected chi connectivity index (χ4v) is 2.23. The van der Waals surface area contributed by atoms with Gasteiger partial charge < -0.3 is 19.3 Å². The average Bonchev–Trinajstić information content (AvgIpc) is 2.88. The molecule has 0 aliphatic carbocycles. The number of morpholine rings is 1. The maximum absolute atomic E-state index is 9.94. The van der Waals surface area contributed by atoms with Gasteiger partial charge in [-0.1, -0.05) is 11.2 Å². The van der Waals surface area contributed by atoms with E-state index in [2.05, 4.69) is 15.0 Å². The van der Waals surface area contributed by atoms with Gasteiger partial charge in [-0.2, -0.15) is 4.98 Å². The summed E-state index contributed by atoms with van der Waals surface area (Å²) in [6.07, 6.45) is -0.182. The number of likely N-dealkylation sites (N-methyl/N-ethyl adjacent to an activating group) is 1. The van der Waals surface area contributed by atoms with Crippen LogP contribution in [0.15, 0.2) is 22.7 Å². The summed E-state index contributed by atoms with van der Waals surface area (Å²) in [6.45, 7) is 4.20. The van der Waals surface area contributed by atoms with Crippen LogP contribution in [-0.2, 0) is 4.74 Å². The van der Waals surface area contributed by atoms with Gasteiger partial charge in [-0.15, -0.1) is 0 Å². The first-order valence-electron chi connectivity index (χ1n) is 6.57. The van der Waals surface area contributed by atoms with Crippen LogP contribution in [0, 0.1) is 6.92 Å². The van der Waals surface area contributed by atoms with Gasteiger partial charge >= 0.3 is 0 Å². The van der Waals surface area contributed by atoms with Crippen molar-refractivity contribution in [3.05, 3.63) is 29.6 Å². The summed E-state index contributed by atoms with van der Waals surface area (Å²) in [5.41, 5.74) is 1.52. The van der Waals surface area contributed by atoms with Gasteiger partial charge in [-0.05, 0) is 31.7 Å². The zero-order valence-corrected chi connectivity index (χ0v) is 11.5. The number of nitrogens with zero attached hydrogens (tertiary/aromatic N) is 3. The van der Waals surface area contributed by atoms with E-state index in [0.29, 0.717) is 23.9 Å². The number of benzene rings is 1. The average molecular weight is 275 g/mol. The lowest BCUT2D eigenvalue weighted by Crippen LogP contribution is -2.35. The SMILES string of the molecule is Cc1ccc(-c2nc(C3CN(C)CCO3)no2)c(O)c1. The molecule has 1 atom stereocenters. The highest BCUT2D eigenvalue weighted by Gasteiger charge is 2.25. The molecule has 1 aromatic carbocycles. The number of hydrogen-bond donors (Lipinski definition) is 1. The summed E-state index contributed by atoms with van der Waals surface area (Å²) < 4.78 is 10.9. The standard InChI is InChI=1S/C14H17N3O3/c1-9-3-4-10(11(18)7-9)14-15-13(16-20-14)12-8-17(2)5-6-19-12/h3-4,7,12,18H,5-6,8H2,1-2H3. The van der Waals surface area contributed by atoms with Gasteiger partial charge in [0.2, 0.25) is 5.82 Å². The minimum Gasteiger partial charge on any atom is -0.507 e. The van der Waals surface area contributed by atoms with Crippen LogP contribution in [0.3, 0.4) is 0 Å². The topological polar surface area (TPSA) is 71.6 Å². The summed E-state index contributed by atoms with van der Waals surface area (Å²) in [7, 11) is 2.03. The summed E-state index contributed by atoms with van der Waals surface area (Å²) in [5.74, 6) is 0.975. The molecule has 3 rings (SSSR count). The molecule has 1 aliphatic rings. The smallest absolute Gasteiger partial charge is 0.261 e. The fourth-order valence-electron chi connectivity index (χ4n) is 2.23. The van der Waals surface area contributed by atoms with Crippen molar-refractivity contribution in [2.24, 2.45) is 0 Å². The molecule has 2 heterocycles. The molecule has 0 saturated carbocycles. The minimum atomic E-state index is -0.182. The van der Waals surface area contributed by atoms with Crippen LogP contribution in [0.5, 0.6) is 5.75 Å². The van der Waals surface area contributed by atoms with Crippen LogP contribution < -0.4 is 0 Å². The molecule has 1 aromatic heterocycles. The van der Waals surface area contributed by atoms with Crippen molar-refractivity contribution >= 4 is 0 Å². The quantitative estimate of drug-likeness (QED) is 0.900. The van der Waals surface area contributed by atoms with E-state index in [1.165, 1.54) is 0 Å². The molecule has 0 spiro atoms. The van der Waals surface area contributed by atoms with Crippen LogP contribution in [0.1, 0.15) is 17.5 Å². The van der Waals surface area contributed by atoms with E-state index in [-0.39, 0.29) is 11.9 Å². The van der Waals surface area contributed by atoms with Crippen LogP contribution in [0.25, 0.3) is 11.5 Å². The Kier molecular flexibility index (Phi) is 3.42. The number of rotatable bonds is 2. The lowest BCUT2D eigenvalue weighted by molar-refractivity contribution is -0.0264. The third-order valence-electron chi connectivity index (χ3n) is 3.38. The Labute approximate surface area is 117 Å². The van der Waals surface area contributed by atoms with Crippen molar-refractivity contribution in [1.82, 2.24) is 15.0 Å². The zero-order valence-electron chi connectivity index (χ0n) is 11.5. The largest absolute Gasteiger partial charge is 0.507 e. The molecule has 0 bridgehead atoms. The van der Waals surface area contributed by atoms with E-state index >= 15 is 0 Å². The first-order chi connectivity index (χ1) is 9.63. The van der Waals surface area contributed by atoms with Crippen LogP contribution in [-0.4, -0.2) is 46.9 Å². The lowest BCUT2D eigenvalue weighted by atomic mass is 10.1. The number of aryl methyl sites for hydroxylation is 1. The van der Waals surface area contributed by atoms with Crippen molar-refractivity contribution in [2.45, 2.75) is 13.0 Å². The van der Waals surface area contributed by atoms with Crippen molar-refractivity contribution in [2.75, 3.05) is 26.7 Å². The molecule has 0 radical (unpaired) electrons. The number of aromatic nitrogens is 2. The first-order valence-corrected chi connectivity index (χ1v) is 6.57. The normalized spacial score (nSPS) is 20.2. The highest BCUT2D eigenvalue weighted by Crippen LogP contribution is 2.30. The summed E-state index contributed by atoms with van der Waals surface area (Å²) in [5, 5.41) is 13.9. The third kappa shape index (κ3) is 2.52. The van der Waals surface area contributed by atoms with Gasteiger partial charge in [-0.3, -0.25) is 0 Å². The molecular weight excluding hydrogens is 258 g/mol. The van der Waals surface area contributed by atoms with Gasteiger partial charge in [0.05, 0.1) is 12.2 Å². The van der Waals surface area contributed by atoms with Crippen molar-refractivity contribution in [3.8, 4) is 17.2 Å². The van der Waals surface area contributed by atoms with Crippen molar-refractivity contribution in [1.29, 1.82) is 0 Å².